The van der Waals surface area contributed by atoms with E-state index in [-0.39, 0.29) is 6.03 Å². The summed E-state index contributed by atoms with van der Waals surface area (Å²) in [6.45, 7) is 4.02. The molecule has 0 spiro atoms. The third-order valence-electron chi connectivity index (χ3n) is 4.91. The fourth-order valence-electron chi connectivity index (χ4n) is 3.65. The molecule has 0 radical (unpaired) electrons. The molecule has 110 valence electrons. The molecular formula is C16H30N2O. The Morgan fingerprint density at radius 1 is 1.11 bits per heavy atom. The zero-order valence-electron chi connectivity index (χ0n) is 12.5. The van der Waals surface area contributed by atoms with E-state index in [0.717, 1.165) is 25.4 Å². The maximum Gasteiger partial charge on any atom is 0.317 e. The van der Waals surface area contributed by atoms with Crippen molar-refractivity contribution in [3.8, 4) is 0 Å². The Morgan fingerprint density at radius 3 is 2.58 bits per heavy atom. The fraction of sp³-hybridized carbons (Fsp3) is 0.938. The van der Waals surface area contributed by atoms with Crippen LogP contribution in [0.5, 0.6) is 0 Å². The number of carbonyl (C=O) groups excluding carboxylic acids is 1. The van der Waals surface area contributed by atoms with Crippen LogP contribution in [0.4, 0.5) is 4.79 Å². The van der Waals surface area contributed by atoms with Crippen LogP contribution < -0.4 is 5.32 Å². The highest BCUT2D eigenvalue weighted by molar-refractivity contribution is 5.74. The Kier molecular flexibility index (Phi) is 5.99. The maximum absolute atomic E-state index is 12.2. The van der Waals surface area contributed by atoms with E-state index in [2.05, 4.69) is 17.1 Å². The van der Waals surface area contributed by atoms with Crippen molar-refractivity contribution in [2.75, 3.05) is 13.1 Å². The number of likely N-dealkylation sites (tertiary alicyclic amines) is 1. The Bertz CT molecular complexity index is 274. The predicted molar refractivity (Wildman–Crippen MR) is 79.2 cm³/mol. The molecule has 2 fully saturated rings. The summed E-state index contributed by atoms with van der Waals surface area (Å²) in [4.78, 5) is 14.3. The van der Waals surface area contributed by atoms with Crippen LogP contribution in [0.2, 0.25) is 0 Å². The van der Waals surface area contributed by atoms with E-state index in [1.807, 2.05) is 0 Å². The van der Waals surface area contributed by atoms with Gasteiger partial charge in [-0.25, -0.2) is 4.79 Å². The Labute approximate surface area is 118 Å². The molecule has 1 aliphatic heterocycles. The highest BCUT2D eigenvalue weighted by atomic mass is 16.2. The van der Waals surface area contributed by atoms with Gasteiger partial charge >= 0.3 is 6.03 Å². The first-order valence-electron chi connectivity index (χ1n) is 8.35. The lowest BCUT2D eigenvalue weighted by Gasteiger charge is -2.35. The van der Waals surface area contributed by atoms with Crippen LogP contribution in [0.1, 0.15) is 71.1 Å². The molecule has 0 aromatic rings. The molecule has 1 N–H and O–H groups in total. The van der Waals surface area contributed by atoms with Gasteiger partial charge in [0.1, 0.15) is 0 Å². The number of nitrogens with one attached hydrogen (secondary N) is 1. The van der Waals surface area contributed by atoms with Crippen molar-refractivity contribution in [3.05, 3.63) is 0 Å². The summed E-state index contributed by atoms with van der Waals surface area (Å²) in [7, 11) is 0. The van der Waals surface area contributed by atoms with Crippen molar-refractivity contribution in [2.24, 2.45) is 5.92 Å². The molecule has 3 nitrogen and oxygen atoms in total. The molecule has 2 aliphatic rings. The minimum absolute atomic E-state index is 0.183. The first kappa shape index (κ1) is 14.7. The molecule has 19 heavy (non-hydrogen) atoms. The second kappa shape index (κ2) is 7.76. The Hall–Kier alpha value is -0.730. The summed E-state index contributed by atoms with van der Waals surface area (Å²) in [5, 5.41) is 3.15. The Balaban J connectivity index is 1.67. The molecule has 1 heterocycles. The van der Waals surface area contributed by atoms with Crippen molar-refractivity contribution in [3.63, 3.8) is 0 Å². The number of nitrogens with zero attached hydrogens (tertiary/aromatic N) is 1. The van der Waals surface area contributed by atoms with Crippen LogP contribution >= 0.6 is 0 Å². The number of carbonyl (C=O) groups is 1. The zero-order chi connectivity index (χ0) is 13.5. The van der Waals surface area contributed by atoms with E-state index >= 15 is 0 Å². The van der Waals surface area contributed by atoms with Crippen molar-refractivity contribution in [1.82, 2.24) is 10.2 Å². The predicted octanol–water partition coefficient (Wildman–Crippen LogP) is 3.93. The van der Waals surface area contributed by atoms with Gasteiger partial charge in [0.2, 0.25) is 0 Å². The maximum atomic E-state index is 12.2. The van der Waals surface area contributed by atoms with Crippen LogP contribution in [0, 0.1) is 5.92 Å². The van der Waals surface area contributed by atoms with E-state index in [1.165, 1.54) is 57.8 Å². The monoisotopic (exact) mass is 266 g/mol. The van der Waals surface area contributed by atoms with Gasteiger partial charge in [-0.15, -0.1) is 0 Å². The number of amides is 2. The lowest BCUT2D eigenvalue weighted by atomic mass is 9.87. The first-order chi connectivity index (χ1) is 9.31. The minimum atomic E-state index is 0.183. The third kappa shape index (κ3) is 4.39. The van der Waals surface area contributed by atoms with Crippen LogP contribution in [-0.4, -0.2) is 30.1 Å². The molecule has 1 unspecified atom stereocenters. The van der Waals surface area contributed by atoms with Crippen LogP contribution in [0.25, 0.3) is 0 Å². The Morgan fingerprint density at radius 2 is 1.84 bits per heavy atom. The fourth-order valence-corrected chi connectivity index (χ4v) is 3.65. The van der Waals surface area contributed by atoms with Gasteiger partial charge in [0.05, 0.1) is 0 Å². The summed E-state index contributed by atoms with van der Waals surface area (Å²) >= 11 is 0. The number of hydrogen-bond acceptors (Lipinski definition) is 1. The largest absolute Gasteiger partial charge is 0.338 e. The smallest absolute Gasteiger partial charge is 0.317 e. The normalized spacial score (nSPS) is 25.3. The van der Waals surface area contributed by atoms with Gasteiger partial charge in [0, 0.05) is 19.1 Å². The second-order valence-corrected chi connectivity index (χ2v) is 6.28. The molecular weight excluding hydrogens is 236 g/mol. The van der Waals surface area contributed by atoms with Gasteiger partial charge in [0.25, 0.3) is 0 Å². The van der Waals surface area contributed by atoms with Crippen molar-refractivity contribution in [1.29, 1.82) is 0 Å². The summed E-state index contributed by atoms with van der Waals surface area (Å²) in [5.74, 6) is 0.859. The van der Waals surface area contributed by atoms with E-state index in [1.54, 1.807) is 0 Å². The summed E-state index contributed by atoms with van der Waals surface area (Å²) in [5.41, 5.74) is 0. The molecule has 1 saturated carbocycles. The lowest BCUT2D eigenvalue weighted by Crippen LogP contribution is -2.48. The van der Waals surface area contributed by atoms with Gasteiger partial charge in [-0.2, -0.15) is 0 Å². The molecule has 0 bridgehead atoms. The van der Waals surface area contributed by atoms with Crippen molar-refractivity contribution in [2.45, 2.75) is 77.2 Å². The van der Waals surface area contributed by atoms with Gasteiger partial charge < -0.3 is 10.2 Å². The third-order valence-corrected chi connectivity index (χ3v) is 4.91. The van der Waals surface area contributed by atoms with Crippen LogP contribution in [-0.2, 0) is 0 Å². The molecule has 2 rings (SSSR count). The minimum Gasteiger partial charge on any atom is -0.338 e. The van der Waals surface area contributed by atoms with Crippen LogP contribution in [0.3, 0.4) is 0 Å². The molecule has 1 aliphatic carbocycles. The van der Waals surface area contributed by atoms with Crippen LogP contribution in [0.15, 0.2) is 0 Å². The first-order valence-corrected chi connectivity index (χ1v) is 8.35. The van der Waals surface area contributed by atoms with Gasteiger partial charge in [-0.3, -0.25) is 0 Å². The van der Waals surface area contributed by atoms with Crippen molar-refractivity contribution >= 4 is 6.03 Å². The number of piperidine rings is 1. The average molecular weight is 266 g/mol. The lowest BCUT2D eigenvalue weighted by molar-refractivity contribution is 0.148. The van der Waals surface area contributed by atoms with E-state index in [0.29, 0.717) is 6.04 Å². The SMILES string of the molecule is CCC1CCCCN1C(=O)NCCC1CCCCC1. The molecule has 1 saturated heterocycles. The van der Waals surface area contributed by atoms with E-state index in [9.17, 15) is 4.79 Å². The van der Waals surface area contributed by atoms with Crippen molar-refractivity contribution < 1.29 is 4.79 Å². The zero-order valence-corrected chi connectivity index (χ0v) is 12.5. The van der Waals surface area contributed by atoms with Gasteiger partial charge in [0.15, 0.2) is 0 Å². The summed E-state index contributed by atoms with van der Waals surface area (Å²) in [6, 6.07) is 0.658. The number of rotatable bonds is 4. The molecule has 2 amide bonds. The molecule has 0 aromatic carbocycles. The highest BCUT2D eigenvalue weighted by Gasteiger charge is 2.25. The highest BCUT2D eigenvalue weighted by Crippen LogP contribution is 2.26. The van der Waals surface area contributed by atoms with E-state index in [4.69, 9.17) is 0 Å². The standard InChI is InChI=1S/C16H30N2O/c1-2-15-10-6-7-13-18(15)16(19)17-12-11-14-8-4-3-5-9-14/h14-15H,2-13H2,1H3,(H,17,19). The number of hydrogen-bond donors (Lipinski definition) is 1. The summed E-state index contributed by atoms with van der Waals surface area (Å²) < 4.78 is 0. The average Bonchev–Trinajstić information content (AvgIpc) is 2.48. The van der Waals surface area contributed by atoms with Gasteiger partial charge in [-0.05, 0) is 38.0 Å². The van der Waals surface area contributed by atoms with Gasteiger partial charge in [-0.1, -0.05) is 39.0 Å². The quantitative estimate of drug-likeness (QED) is 0.821. The molecule has 1 atom stereocenters. The van der Waals surface area contributed by atoms with E-state index < -0.39 is 0 Å². The summed E-state index contributed by atoms with van der Waals surface area (Å²) in [6.07, 6.45) is 12.9. The number of urea groups is 1. The molecule has 3 heteroatoms. The topological polar surface area (TPSA) is 32.3 Å². The second-order valence-electron chi connectivity index (χ2n) is 6.28. The molecule has 0 aromatic heterocycles.